The lowest BCUT2D eigenvalue weighted by Crippen LogP contribution is -2.18. The number of anilines is 1. The van der Waals surface area contributed by atoms with Crippen LogP contribution >= 0.6 is 11.6 Å². The second-order valence-electron chi connectivity index (χ2n) is 4.19. The molecule has 5 nitrogen and oxygen atoms in total. The number of phenols is 1. The quantitative estimate of drug-likeness (QED) is 0.831. The van der Waals surface area contributed by atoms with Gasteiger partial charge < -0.3 is 5.11 Å². The van der Waals surface area contributed by atoms with Crippen molar-refractivity contribution in [3.63, 3.8) is 0 Å². The standard InChI is InChI=1S/C13H13ClN2O3S/c14-11-1-2-13(17)12(9-11)16-20(18,19)8-5-10-3-6-15-7-4-10/h1-4,6-7,9,16-17H,5,8H2. The highest BCUT2D eigenvalue weighted by atomic mass is 35.5. The van der Waals surface area contributed by atoms with Crippen molar-refractivity contribution in [1.29, 1.82) is 0 Å². The summed E-state index contributed by atoms with van der Waals surface area (Å²) in [7, 11) is -3.56. The number of rotatable bonds is 5. The number of hydrogen-bond acceptors (Lipinski definition) is 4. The molecule has 2 aromatic rings. The Morgan fingerprint density at radius 2 is 1.90 bits per heavy atom. The molecule has 0 radical (unpaired) electrons. The van der Waals surface area contributed by atoms with Crippen LogP contribution in [-0.4, -0.2) is 24.3 Å². The number of hydrogen-bond donors (Lipinski definition) is 2. The number of pyridine rings is 1. The van der Waals surface area contributed by atoms with E-state index in [0.29, 0.717) is 11.4 Å². The molecule has 20 heavy (non-hydrogen) atoms. The topological polar surface area (TPSA) is 79.3 Å². The first-order valence-corrected chi connectivity index (χ1v) is 7.87. The minimum atomic E-state index is -3.56. The third-order valence-electron chi connectivity index (χ3n) is 2.63. The summed E-state index contributed by atoms with van der Waals surface area (Å²) in [6, 6.07) is 7.69. The number of aryl methyl sites for hydroxylation is 1. The number of aromatic hydroxyl groups is 1. The Morgan fingerprint density at radius 3 is 2.60 bits per heavy atom. The minimum absolute atomic E-state index is 0.0761. The van der Waals surface area contributed by atoms with Gasteiger partial charge in [-0.1, -0.05) is 11.6 Å². The zero-order valence-corrected chi connectivity index (χ0v) is 12.0. The highest BCUT2D eigenvalue weighted by Crippen LogP contribution is 2.27. The molecule has 0 atom stereocenters. The zero-order chi connectivity index (χ0) is 14.6. The minimum Gasteiger partial charge on any atom is -0.506 e. The van der Waals surface area contributed by atoms with E-state index >= 15 is 0 Å². The monoisotopic (exact) mass is 312 g/mol. The van der Waals surface area contributed by atoms with E-state index in [4.69, 9.17) is 11.6 Å². The summed E-state index contributed by atoms with van der Waals surface area (Å²) in [5.74, 6) is -0.259. The van der Waals surface area contributed by atoms with Crippen LogP contribution in [0.5, 0.6) is 5.75 Å². The molecule has 0 saturated carbocycles. The molecule has 0 aliphatic rings. The average molecular weight is 313 g/mol. The molecule has 1 aromatic carbocycles. The van der Waals surface area contributed by atoms with Gasteiger partial charge in [-0.25, -0.2) is 8.42 Å². The van der Waals surface area contributed by atoms with E-state index in [1.807, 2.05) is 0 Å². The van der Waals surface area contributed by atoms with Crippen LogP contribution in [0.2, 0.25) is 5.02 Å². The van der Waals surface area contributed by atoms with E-state index < -0.39 is 10.0 Å². The van der Waals surface area contributed by atoms with Crippen LogP contribution in [0.3, 0.4) is 0 Å². The van der Waals surface area contributed by atoms with E-state index in [2.05, 4.69) is 9.71 Å². The van der Waals surface area contributed by atoms with E-state index in [1.165, 1.54) is 18.2 Å². The first kappa shape index (κ1) is 14.6. The van der Waals surface area contributed by atoms with Crippen LogP contribution in [0.15, 0.2) is 42.7 Å². The van der Waals surface area contributed by atoms with Gasteiger partial charge in [-0.2, -0.15) is 0 Å². The van der Waals surface area contributed by atoms with Gasteiger partial charge in [0.2, 0.25) is 10.0 Å². The Morgan fingerprint density at radius 1 is 1.20 bits per heavy atom. The Kier molecular flexibility index (Phi) is 4.46. The largest absolute Gasteiger partial charge is 0.506 e. The summed E-state index contributed by atoms with van der Waals surface area (Å²) in [4.78, 5) is 3.87. The van der Waals surface area contributed by atoms with Gasteiger partial charge in [-0.3, -0.25) is 9.71 Å². The molecule has 1 heterocycles. The lowest BCUT2D eigenvalue weighted by molar-refractivity contribution is 0.477. The first-order chi connectivity index (χ1) is 9.46. The molecule has 0 amide bonds. The molecule has 0 spiro atoms. The maximum atomic E-state index is 12.0. The van der Waals surface area contributed by atoms with Gasteiger partial charge in [-0.15, -0.1) is 0 Å². The highest BCUT2D eigenvalue weighted by molar-refractivity contribution is 7.92. The van der Waals surface area contributed by atoms with Crippen LogP contribution in [0.1, 0.15) is 5.56 Å². The maximum Gasteiger partial charge on any atom is 0.233 e. The van der Waals surface area contributed by atoms with Gasteiger partial charge in [0.25, 0.3) is 0 Å². The predicted molar refractivity (Wildman–Crippen MR) is 78.5 cm³/mol. The first-order valence-electron chi connectivity index (χ1n) is 5.84. The molecule has 2 rings (SSSR count). The van der Waals surface area contributed by atoms with Crippen LogP contribution in [0, 0.1) is 0 Å². The Hall–Kier alpha value is -1.79. The van der Waals surface area contributed by atoms with Crippen molar-refractivity contribution in [3.8, 4) is 5.75 Å². The average Bonchev–Trinajstić information content (AvgIpc) is 2.42. The fourth-order valence-corrected chi connectivity index (χ4v) is 2.89. The third kappa shape index (κ3) is 4.11. The van der Waals surface area contributed by atoms with Crippen molar-refractivity contribution in [2.24, 2.45) is 0 Å². The van der Waals surface area contributed by atoms with Gasteiger partial charge >= 0.3 is 0 Å². The predicted octanol–water partition coefficient (Wildman–Crippen LogP) is 2.43. The molecule has 0 aliphatic carbocycles. The Balaban J connectivity index is 2.06. The molecular formula is C13H13ClN2O3S. The number of benzene rings is 1. The lowest BCUT2D eigenvalue weighted by atomic mass is 10.2. The molecule has 7 heteroatoms. The zero-order valence-electron chi connectivity index (χ0n) is 10.5. The van der Waals surface area contributed by atoms with Crippen LogP contribution in [-0.2, 0) is 16.4 Å². The number of aromatic nitrogens is 1. The maximum absolute atomic E-state index is 12.0. The SMILES string of the molecule is O=S(=O)(CCc1ccncc1)Nc1cc(Cl)ccc1O. The van der Waals surface area contributed by atoms with Gasteiger partial charge in [-0.05, 0) is 42.3 Å². The molecular weight excluding hydrogens is 300 g/mol. The van der Waals surface area contributed by atoms with Crippen molar-refractivity contribution in [3.05, 3.63) is 53.3 Å². The van der Waals surface area contributed by atoms with Crippen LogP contribution < -0.4 is 4.72 Å². The van der Waals surface area contributed by atoms with Gasteiger partial charge in [0.05, 0.1) is 11.4 Å². The number of halogens is 1. The molecule has 1 aromatic heterocycles. The summed E-state index contributed by atoms with van der Waals surface area (Å²) >= 11 is 5.77. The molecule has 0 fully saturated rings. The van der Waals surface area contributed by atoms with E-state index in [-0.39, 0.29) is 17.2 Å². The van der Waals surface area contributed by atoms with Gasteiger partial charge in [0.1, 0.15) is 5.75 Å². The molecule has 106 valence electrons. The van der Waals surface area contributed by atoms with Crippen molar-refractivity contribution < 1.29 is 13.5 Å². The summed E-state index contributed by atoms with van der Waals surface area (Å²) < 4.78 is 26.2. The lowest BCUT2D eigenvalue weighted by Gasteiger charge is -2.09. The summed E-state index contributed by atoms with van der Waals surface area (Å²) in [6.07, 6.45) is 3.58. The Labute approximate surface area is 122 Å². The fourth-order valence-electron chi connectivity index (χ4n) is 1.61. The number of sulfonamides is 1. The van der Waals surface area contributed by atoms with Crippen LogP contribution in [0.25, 0.3) is 0 Å². The number of phenolic OH excluding ortho intramolecular Hbond substituents is 1. The smallest absolute Gasteiger partial charge is 0.233 e. The normalized spacial score (nSPS) is 11.2. The van der Waals surface area contributed by atoms with Crippen molar-refractivity contribution >= 4 is 27.3 Å². The molecule has 0 bridgehead atoms. The molecule has 2 N–H and O–H groups in total. The van der Waals surface area contributed by atoms with Gasteiger partial charge in [0.15, 0.2) is 0 Å². The summed E-state index contributed by atoms with van der Waals surface area (Å²) in [5, 5.41) is 9.93. The molecule has 0 aliphatic heterocycles. The van der Waals surface area contributed by atoms with Crippen molar-refractivity contribution in [2.75, 3.05) is 10.5 Å². The molecule has 0 unspecified atom stereocenters. The molecule has 0 saturated heterocycles. The highest BCUT2D eigenvalue weighted by Gasteiger charge is 2.13. The van der Waals surface area contributed by atoms with Crippen molar-refractivity contribution in [2.45, 2.75) is 6.42 Å². The third-order valence-corrected chi connectivity index (χ3v) is 4.14. The van der Waals surface area contributed by atoms with E-state index in [9.17, 15) is 13.5 Å². The number of nitrogens with zero attached hydrogens (tertiary/aromatic N) is 1. The van der Waals surface area contributed by atoms with Gasteiger partial charge in [0, 0.05) is 17.4 Å². The number of nitrogens with one attached hydrogen (secondary N) is 1. The van der Waals surface area contributed by atoms with Crippen LogP contribution in [0.4, 0.5) is 5.69 Å². The fraction of sp³-hybridized carbons (Fsp3) is 0.154. The van der Waals surface area contributed by atoms with Crippen molar-refractivity contribution in [1.82, 2.24) is 4.98 Å². The summed E-state index contributed by atoms with van der Waals surface area (Å²) in [5.41, 5.74) is 0.952. The summed E-state index contributed by atoms with van der Waals surface area (Å²) in [6.45, 7) is 0. The Bertz CT molecular complexity index is 690. The van der Waals surface area contributed by atoms with E-state index in [0.717, 1.165) is 5.56 Å². The van der Waals surface area contributed by atoms with E-state index in [1.54, 1.807) is 24.5 Å². The second kappa shape index (κ2) is 6.11. The second-order valence-corrected chi connectivity index (χ2v) is 6.47.